The van der Waals surface area contributed by atoms with Crippen molar-refractivity contribution in [3.8, 4) is 11.1 Å². The van der Waals surface area contributed by atoms with Gasteiger partial charge in [-0.15, -0.1) is 0 Å². The van der Waals surface area contributed by atoms with E-state index in [1.165, 1.54) is 23.6 Å². The molecule has 0 saturated carbocycles. The van der Waals surface area contributed by atoms with Crippen molar-refractivity contribution >= 4 is 11.6 Å². The first kappa shape index (κ1) is 15.7. The largest absolute Gasteiger partial charge is 0.326 e. The maximum Gasteiger partial charge on any atom is 0.221 e. The van der Waals surface area contributed by atoms with E-state index in [1.54, 1.807) is 0 Å². The Labute approximate surface area is 137 Å². The summed E-state index contributed by atoms with van der Waals surface area (Å²) < 4.78 is 0. The standard InChI is InChI=1S/C19H23N3O/c1-15(23)21-18-8-6-16(7-9-18)19-5-3-2-4-17(19)14-22-12-10-20-11-13-22/h2-9,20H,10-14H2,1H3,(H,21,23). The van der Waals surface area contributed by atoms with Gasteiger partial charge in [0.1, 0.15) is 0 Å². The summed E-state index contributed by atoms with van der Waals surface area (Å²) in [5.41, 5.74) is 4.63. The lowest BCUT2D eigenvalue weighted by Gasteiger charge is -2.28. The summed E-state index contributed by atoms with van der Waals surface area (Å²) in [6.45, 7) is 6.81. The highest BCUT2D eigenvalue weighted by atomic mass is 16.1. The first-order valence-electron chi connectivity index (χ1n) is 8.11. The number of nitrogens with one attached hydrogen (secondary N) is 2. The van der Waals surface area contributed by atoms with Gasteiger partial charge in [0.05, 0.1) is 0 Å². The normalized spacial score (nSPS) is 15.3. The number of hydrogen-bond acceptors (Lipinski definition) is 3. The second-order valence-corrected chi connectivity index (χ2v) is 5.94. The molecule has 120 valence electrons. The molecule has 1 fully saturated rings. The minimum atomic E-state index is -0.0446. The Morgan fingerprint density at radius 3 is 2.48 bits per heavy atom. The predicted molar refractivity (Wildman–Crippen MR) is 94.3 cm³/mol. The molecule has 1 aliphatic heterocycles. The third kappa shape index (κ3) is 4.18. The third-order valence-corrected chi connectivity index (χ3v) is 4.14. The lowest BCUT2D eigenvalue weighted by Crippen LogP contribution is -2.42. The zero-order chi connectivity index (χ0) is 16.1. The van der Waals surface area contributed by atoms with Crippen LogP contribution in [0.3, 0.4) is 0 Å². The zero-order valence-electron chi connectivity index (χ0n) is 13.5. The molecule has 1 saturated heterocycles. The smallest absolute Gasteiger partial charge is 0.221 e. The van der Waals surface area contributed by atoms with Gasteiger partial charge < -0.3 is 10.6 Å². The van der Waals surface area contributed by atoms with E-state index < -0.39 is 0 Å². The van der Waals surface area contributed by atoms with Gasteiger partial charge in [-0.05, 0) is 28.8 Å². The first-order valence-corrected chi connectivity index (χ1v) is 8.11. The zero-order valence-corrected chi connectivity index (χ0v) is 13.5. The number of carbonyl (C=O) groups excluding carboxylic acids is 1. The van der Waals surface area contributed by atoms with E-state index in [0.717, 1.165) is 38.4 Å². The van der Waals surface area contributed by atoms with E-state index in [9.17, 15) is 4.79 Å². The monoisotopic (exact) mass is 309 g/mol. The Bertz CT molecular complexity index is 661. The molecular weight excluding hydrogens is 286 g/mol. The van der Waals surface area contributed by atoms with Gasteiger partial charge in [0, 0.05) is 45.3 Å². The Morgan fingerprint density at radius 2 is 1.78 bits per heavy atom. The summed E-state index contributed by atoms with van der Waals surface area (Å²) in [6, 6.07) is 16.6. The summed E-state index contributed by atoms with van der Waals surface area (Å²) in [6.07, 6.45) is 0. The fourth-order valence-electron chi connectivity index (χ4n) is 2.99. The minimum Gasteiger partial charge on any atom is -0.326 e. The van der Waals surface area contributed by atoms with E-state index in [2.05, 4.69) is 51.9 Å². The average Bonchev–Trinajstić information content (AvgIpc) is 2.57. The number of nitrogens with zero attached hydrogens (tertiary/aromatic N) is 1. The summed E-state index contributed by atoms with van der Waals surface area (Å²) in [4.78, 5) is 13.6. The highest BCUT2D eigenvalue weighted by molar-refractivity contribution is 5.89. The molecule has 2 aromatic carbocycles. The van der Waals surface area contributed by atoms with Crippen molar-refractivity contribution in [3.63, 3.8) is 0 Å². The number of benzene rings is 2. The molecule has 1 aliphatic rings. The third-order valence-electron chi connectivity index (χ3n) is 4.14. The summed E-state index contributed by atoms with van der Waals surface area (Å²) >= 11 is 0. The maximum absolute atomic E-state index is 11.1. The van der Waals surface area contributed by atoms with Crippen LogP contribution < -0.4 is 10.6 Å². The van der Waals surface area contributed by atoms with E-state index in [0.29, 0.717) is 0 Å². The first-order chi connectivity index (χ1) is 11.2. The second-order valence-electron chi connectivity index (χ2n) is 5.94. The Balaban J connectivity index is 1.80. The van der Waals surface area contributed by atoms with Crippen molar-refractivity contribution in [1.29, 1.82) is 0 Å². The number of hydrogen-bond donors (Lipinski definition) is 2. The molecule has 4 nitrogen and oxygen atoms in total. The number of piperazine rings is 1. The van der Waals surface area contributed by atoms with Crippen molar-refractivity contribution in [2.75, 3.05) is 31.5 Å². The molecule has 0 unspecified atom stereocenters. The molecule has 0 bridgehead atoms. The van der Waals surface area contributed by atoms with Crippen LogP contribution in [0, 0.1) is 0 Å². The number of carbonyl (C=O) groups is 1. The summed E-state index contributed by atoms with van der Waals surface area (Å²) in [5.74, 6) is -0.0446. The molecule has 2 N–H and O–H groups in total. The van der Waals surface area contributed by atoms with Crippen molar-refractivity contribution in [2.45, 2.75) is 13.5 Å². The predicted octanol–water partition coefficient (Wildman–Crippen LogP) is 2.72. The lowest BCUT2D eigenvalue weighted by atomic mass is 9.99. The minimum absolute atomic E-state index is 0.0446. The van der Waals surface area contributed by atoms with E-state index in [4.69, 9.17) is 0 Å². The van der Waals surface area contributed by atoms with Crippen LogP contribution in [-0.4, -0.2) is 37.0 Å². The van der Waals surface area contributed by atoms with Crippen LogP contribution in [0.15, 0.2) is 48.5 Å². The van der Waals surface area contributed by atoms with Gasteiger partial charge in [-0.3, -0.25) is 9.69 Å². The molecule has 0 spiro atoms. The molecule has 0 atom stereocenters. The highest BCUT2D eigenvalue weighted by Gasteiger charge is 2.12. The SMILES string of the molecule is CC(=O)Nc1ccc(-c2ccccc2CN2CCNCC2)cc1. The van der Waals surface area contributed by atoms with Gasteiger partial charge in [0.25, 0.3) is 0 Å². The highest BCUT2D eigenvalue weighted by Crippen LogP contribution is 2.26. The van der Waals surface area contributed by atoms with Crippen LogP contribution in [0.5, 0.6) is 0 Å². The average molecular weight is 309 g/mol. The molecule has 3 rings (SSSR count). The Hall–Kier alpha value is -2.17. The Kier molecular flexibility index (Phi) is 5.05. The van der Waals surface area contributed by atoms with Gasteiger partial charge >= 0.3 is 0 Å². The maximum atomic E-state index is 11.1. The fourth-order valence-corrected chi connectivity index (χ4v) is 2.99. The topological polar surface area (TPSA) is 44.4 Å². The molecule has 4 heteroatoms. The number of anilines is 1. The second kappa shape index (κ2) is 7.40. The lowest BCUT2D eigenvalue weighted by molar-refractivity contribution is -0.114. The van der Waals surface area contributed by atoms with Crippen LogP contribution in [0.2, 0.25) is 0 Å². The van der Waals surface area contributed by atoms with E-state index in [-0.39, 0.29) is 5.91 Å². The van der Waals surface area contributed by atoms with Crippen LogP contribution in [0.25, 0.3) is 11.1 Å². The molecule has 2 aromatic rings. The van der Waals surface area contributed by atoms with Crippen molar-refractivity contribution in [2.24, 2.45) is 0 Å². The van der Waals surface area contributed by atoms with Crippen LogP contribution in [0.1, 0.15) is 12.5 Å². The Morgan fingerprint density at radius 1 is 1.09 bits per heavy atom. The molecule has 23 heavy (non-hydrogen) atoms. The van der Waals surface area contributed by atoms with Crippen molar-refractivity contribution < 1.29 is 4.79 Å². The molecular formula is C19H23N3O. The van der Waals surface area contributed by atoms with Gasteiger partial charge in [-0.25, -0.2) is 0 Å². The number of amides is 1. The van der Waals surface area contributed by atoms with Crippen LogP contribution in [0.4, 0.5) is 5.69 Å². The van der Waals surface area contributed by atoms with Gasteiger partial charge in [-0.1, -0.05) is 36.4 Å². The molecule has 0 radical (unpaired) electrons. The molecule has 0 aromatic heterocycles. The molecule has 1 heterocycles. The van der Waals surface area contributed by atoms with Gasteiger partial charge in [0.2, 0.25) is 5.91 Å². The van der Waals surface area contributed by atoms with Crippen LogP contribution >= 0.6 is 0 Å². The molecule has 1 amide bonds. The van der Waals surface area contributed by atoms with E-state index >= 15 is 0 Å². The van der Waals surface area contributed by atoms with Crippen molar-refractivity contribution in [1.82, 2.24) is 10.2 Å². The van der Waals surface area contributed by atoms with Crippen LogP contribution in [-0.2, 0) is 11.3 Å². The number of rotatable bonds is 4. The van der Waals surface area contributed by atoms with Crippen molar-refractivity contribution in [3.05, 3.63) is 54.1 Å². The fraction of sp³-hybridized carbons (Fsp3) is 0.316. The van der Waals surface area contributed by atoms with Gasteiger partial charge in [-0.2, -0.15) is 0 Å². The van der Waals surface area contributed by atoms with Gasteiger partial charge in [0.15, 0.2) is 0 Å². The quantitative estimate of drug-likeness (QED) is 0.913. The molecule has 0 aliphatic carbocycles. The van der Waals surface area contributed by atoms with E-state index in [1.807, 2.05) is 12.1 Å². The summed E-state index contributed by atoms with van der Waals surface area (Å²) in [5, 5.41) is 6.20. The summed E-state index contributed by atoms with van der Waals surface area (Å²) in [7, 11) is 0.